The largest absolute Gasteiger partial charge is 0.333 e. The Hall–Kier alpha value is -2.61. The van der Waals surface area contributed by atoms with Gasteiger partial charge in [0.15, 0.2) is 0 Å². The van der Waals surface area contributed by atoms with E-state index in [0.29, 0.717) is 6.54 Å². The van der Waals surface area contributed by atoms with Crippen molar-refractivity contribution in [2.75, 3.05) is 11.4 Å². The van der Waals surface area contributed by atoms with Crippen molar-refractivity contribution in [1.82, 2.24) is 0 Å². The Labute approximate surface area is 124 Å². The van der Waals surface area contributed by atoms with Crippen molar-refractivity contribution in [2.24, 2.45) is 0 Å². The number of carbonyl (C=O) groups is 1. The summed E-state index contributed by atoms with van der Waals surface area (Å²) in [6.45, 7) is 2.00. The van der Waals surface area contributed by atoms with Crippen LogP contribution in [0.4, 0.5) is 11.4 Å². The molecule has 0 atom stereocenters. The Balaban J connectivity index is 2.17. The van der Waals surface area contributed by atoms with Crippen LogP contribution in [0.3, 0.4) is 0 Å². The fourth-order valence-electron chi connectivity index (χ4n) is 2.59. The van der Waals surface area contributed by atoms with Gasteiger partial charge in [-0.2, -0.15) is 0 Å². The molecule has 0 aliphatic rings. The summed E-state index contributed by atoms with van der Waals surface area (Å²) in [5.41, 5.74) is 2.10. The summed E-state index contributed by atoms with van der Waals surface area (Å²) in [5.74, 6) is 0.145. The lowest BCUT2D eigenvalue weighted by molar-refractivity contribution is -0.115. The van der Waals surface area contributed by atoms with Gasteiger partial charge in [0.25, 0.3) is 0 Å². The standard InChI is InChI=1S/C19H17NO/c1-15(21)14-20(17-10-3-2-4-11-17)19-13-7-9-16-8-5-6-12-18(16)19/h2-13H,14H2,1H3. The third-order valence-electron chi connectivity index (χ3n) is 3.51. The number of hydrogen-bond acceptors (Lipinski definition) is 2. The maximum Gasteiger partial charge on any atom is 0.149 e. The molecular weight excluding hydrogens is 258 g/mol. The third-order valence-corrected chi connectivity index (χ3v) is 3.51. The number of carbonyl (C=O) groups excluding carboxylic acids is 1. The lowest BCUT2D eigenvalue weighted by Gasteiger charge is -2.25. The van der Waals surface area contributed by atoms with Gasteiger partial charge < -0.3 is 4.90 Å². The highest BCUT2D eigenvalue weighted by Crippen LogP contribution is 2.31. The van der Waals surface area contributed by atoms with Crippen LogP contribution < -0.4 is 4.90 Å². The third kappa shape index (κ3) is 2.79. The Kier molecular flexibility index (Phi) is 3.69. The molecule has 0 bridgehead atoms. The first-order chi connectivity index (χ1) is 10.3. The fourth-order valence-corrected chi connectivity index (χ4v) is 2.59. The first-order valence-electron chi connectivity index (χ1n) is 7.05. The van der Waals surface area contributed by atoms with Gasteiger partial charge in [-0.25, -0.2) is 0 Å². The molecule has 2 heteroatoms. The minimum atomic E-state index is 0.145. The molecular formula is C19H17NO. The molecule has 104 valence electrons. The summed E-state index contributed by atoms with van der Waals surface area (Å²) < 4.78 is 0. The maximum atomic E-state index is 11.7. The summed E-state index contributed by atoms with van der Waals surface area (Å²) in [4.78, 5) is 13.8. The van der Waals surface area contributed by atoms with Crippen molar-refractivity contribution in [2.45, 2.75) is 6.92 Å². The van der Waals surface area contributed by atoms with Gasteiger partial charge >= 0.3 is 0 Å². The molecule has 3 aromatic rings. The normalized spacial score (nSPS) is 10.5. The molecule has 0 fully saturated rings. The molecule has 2 nitrogen and oxygen atoms in total. The Morgan fingerprint density at radius 3 is 2.29 bits per heavy atom. The van der Waals surface area contributed by atoms with E-state index in [4.69, 9.17) is 0 Å². The van der Waals surface area contributed by atoms with Gasteiger partial charge in [0, 0.05) is 16.8 Å². The zero-order chi connectivity index (χ0) is 14.7. The number of nitrogens with zero attached hydrogens (tertiary/aromatic N) is 1. The first-order valence-corrected chi connectivity index (χ1v) is 7.05. The van der Waals surface area contributed by atoms with Gasteiger partial charge in [-0.05, 0) is 30.5 Å². The van der Waals surface area contributed by atoms with E-state index in [-0.39, 0.29) is 5.78 Å². The van der Waals surface area contributed by atoms with Crippen molar-refractivity contribution in [3.8, 4) is 0 Å². The molecule has 0 N–H and O–H groups in total. The minimum Gasteiger partial charge on any atom is -0.333 e. The predicted octanol–water partition coefficient (Wildman–Crippen LogP) is 4.57. The van der Waals surface area contributed by atoms with Crippen LogP contribution in [0.5, 0.6) is 0 Å². The summed E-state index contributed by atoms with van der Waals surface area (Å²) >= 11 is 0. The summed E-state index contributed by atoms with van der Waals surface area (Å²) in [5, 5.41) is 2.34. The number of Topliss-reactive ketones (excluding diaryl/α,β-unsaturated/α-hetero) is 1. The van der Waals surface area contributed by atoms with Crippen molar-refractivity contribution in [1.29, 1.82) is 0 Å². The second-order valence-corrected chi connectivity index (χ2v) is 5.12. The number of para-hydroxylation sites is 1. The molecule has 0 heterocycles. The van der Waals surface area contributed by atoms with E-state index < -0.39 is 0 Å². The maximum absolute atomic E-state index is 11.7. The van der Waals surface area contributed by atoms with E-state index in [1.807, 2.05) is 48.5 Å². The number of anilines is 2. The second kappa shape index (κ2) is 5.80. The summed E-state index contributed by atoms with van der Waals surface area (Å²) in [6.07, 6.45) is 0. The fraction of sp³-hybridized carbons (Fsp3) is 0.105. The van der Waals surface area contributed by atoms with Crippen LogP contribution >= 0.6 is 0 Å². The van der Waals surface area contributed by atoms with E-state index >= 15 is 0 Å². The highest BCUT2D eigenvalue weighted by atomic mass is 16.1. The summed E-state index contributed by atoms with van der Waals surface area (Å²) in [7, 11) is 0. The van der Waals surface area contributed by atoms with Gasteiger partial charge in [-0.15, -0.1) is 0 Å². The number of fused-ring (bicyclic) bond motifs is 1. The van der Waals surface area contributed by atoms with Gasteiger partial charge in [-0.1, -0.05) is 54.6 Å². The lowest BCUT2D eigenvalue weighted by atomic mass is 10.1. The molecule has 3 aromatic carbocycles. The summed E-state index contributed by atoms with van der Waals surface area (Å²) in [6, 6.07) is 24.5. The Morgan fingerprint density at radius 1 is 0.857 bits per heavy atom. The van der Waals surface area contributed by atoms with Gasteiger partial charge in [0.05, 0.1) is 6.54 Å². The monoisotopic (exact) mass is 275 g/mol. The van der Waals surface area contributed by atoms with Crippen molar-refractivity contribution >= 4 is 27.9 Å². The van der Waals surface area contributed by atoms with E-state index in [1.54, 1.807) is 6.92 Å². The highest BCUT2D eigenvalue weighted by Gasteiger charge is 2.13. The van der Waals surface area contributed by atoms with Crippen molar-refractivity contribution < 1.29 is 4.79 Å². The molecule has 0 aromatic heterocycles. The first kappa shape index (κ1) is 13.4. The smallest absolute Gasteiger partial charge is 0.149 e. The second-order valence-electron chi connectivity index (χ2n) is 5.12. The molecule has 3 rings (SSSR count). The number of hydrogen-bond donors (Lipinski definition) is 0. The zero-order valence-corrected chi connectivity index (χ0v) is 12.0. The van der Waals surface area contributed by atoms with E-state index in [2.05, 4.69) is 29.2 Å². The average molecular weight is 275 g/mol. The van der Waals surface area contributed by atoms with Crippen LogP contribution in [0.15, 0.2) is 72.8 Å². The molecule has 0 radical (unpaired) electrons. The molecule has 0 unspecified atom stereocenters. The highest BCUT2D eigenvalue weighted by molar-refractivity contribution is 5.98. The van der Waals surface area contributed by atoms with Crippen LogP contribution in [0.1, 0.15) is 6.92 Å². The SMILES string of the molecule is CC(=O)CN(c1ccccc1)c1cccc2ccccc12. The Bertz CT molecular complexity index is 759. The molecule has 0 saturated heterocycles. The van der Waals surface area contributed by atoms with Crippen LogP contribution in [-0.4, -0.2) is 12.3 Å². The lowest BCUT2D eigenvalue weighted by Crippen LogP contribution is -2.23. The van der Waals surface area contributed by atoms with Gasteiger partial charge in [0.2, 0.25) is 0 Å². The molecule has 0 aliphatic carbocycles. The minimum absolute atomic E-state index is 0.145. The molecule has 0 saturated carbocycles. The van der Waals surface area contributed by atoms with Crippen LogP contribution in [0, 0.1) is 0 Å². The molecule has 21 heavy (non-hydrogen) atoms. The number of benzene rings is 3. The van der Waals surface area contributed by atoms with Gasteiger partial charge in [-0.3, -0.25) is 4.79 Å². The quantitative estimate of drug-likeness (QED) is 0.695. The molecule has 0 amide bonds. The number of ketones is 1. The predicted molar refractivity (Wildman–Crippen MR) is 88.1 cm³/mol. The molecule has 0 spiro atoms. The van der Waals surface area contributed by atoms with E-state index in [9.17, 15) is 4.79 Å². The van der Waals surface area contributed by atoms with E-state index in [0.717, 1.165) is 16.8 Å². The zero-order valence-electron chi connectivity index (χ0n) is 12.0. The van der Waals surface area contributed by atoms with Crippen LogP contribution in [-0.2, 0) is 4.79 Å². The Morgan fingerprint density at radius 2 is 1.52 bits per heavy atom. The topological polar surface area (TPSA) is 20.3 Å². The van der Waals surface area contributed by atoms with Crippen LogP contribution in [0.25, 0.3) is 10.8 Å². The van der Waals surface area contributed by atoms with Crippen molar-refractivity contribution in [3.05, 3.63) is 72.8 Å². The van der Waals surface area contributed by atoms with Gasteiger partial charge in [0.1, 0.15) is 5.78 Å². The number of rotatable bonds is 4. The average Bonchev–Trinajstić information content (AvgIpc) is 2.53. The van der Waals surface area contributed by atoms with E-state index in [1.165, 1.54) is 5.39 Å². The van der Waals surface area contributed by atoms with Crippen LogP contribution in [0.2, 0.25) is 0 Å². The molecule has 0 aliphatic heterocycles. The van der Waals surface area contributed by atoms with Crippen molar-refractivity contribution in [3.63, 3.8) is 0 Å².